The molecule has 17 heavy (non-hydrogen) atoms. The summed E-state index contributed by atoms with van der Waals surface area (Å²) in [6, 6.07) is 7.38. The molecule has 2 aromatic rings. The SMILES string of the molecule is CNc1cncc(Nc2cccc(Cl)c2Cl)c1. The van der Waals surface area contributed by atoms with E-state index in [0.29, 0.717) is 10.0 Å². The van der Waals surface area contributed by atoms with Gasteiger partial charge in [0, 0.05) is 7.05 Å². The van der Waals surface area contributed by atoms with Crippen molar-refractivity contribution in [3.8, 4) is 0 Å². The molecule has 5 heteroatoms. The van der Waals surface area contributed by atoms with Gasteiger partial charge >= 0.3 is 0 Å². The largest absolute Gasteiger partial charge is 0.387 e. The highest BCUT2D eigenvalue weighted by Crippen LogP contribution is 2.31. The van der Waals surface area contributed by atoms with Gasteiger partial charge in [0.1, 0.15) is 0 Å². The van der Waals surface area contributed by atoms with E-state index in [2.05, 4.69) is 15.6 Å². The van der Waals surface area contributed by atoms with Crippen molar-refractivity contribution >= 4 is 40.3 Å². The van der Waals surface area contributed by atoms with E-state index in [1.165, 1.54) is 0 Å². The predicted molar refractivity (Wildman–Crippen MR) is 73.5 cm³/mol. The Morgan fingerprint density at radius 1 is 1.12 bits per heavy atom. The lowest BCUT2D eigenvalue weighted by Crippen LogP contribution is -1.95. The molecular weight excluding hydrogens is 257 g/mol. The van der Waals surface area contributed by atoms with Crippen LogP contribution in [0.1, 0.15) is 0 Å². The van der Waals surface area contributed by atoms with Crippen molar-refractivity contribution in [3.05, 3.63) is 46.7 Å². The minimum atomic E-state index is 0.504. The molecule has 0 atom stereocenters. The first-order valence-electron chi connectivity index (χ1n) is 5.04. The number of pyridine rings is 1. The summed E-state index contributed by atoms with van der Waals surface area (Å²) in [6.07, 6.45) is 3.46. The van der Waals surface area contributed by atoms with E-state index in [0.717, 1.165) is 17.1 Å². The van der Waals surface area contributed by atoms with E-state index < -0.39 is 0 Å². The van der Waals surface area contributed by atoms with Crippen molar-refractivity contribution in [2.45, 2.75) is 0 Å². The van der Waals surface area contributed by atoms with Crippen LogP contribution in [0.15, 0.2) is 36.7 Å². The molecule has 0 saturated carbocycles. The summed E-state index contributed by atoms with van der Waals surface area (Å²) >= 11 is 12.0. The third-order valence-electron chi connectivity index (χ3n) is 2.26. The van der Waals surface area contributed by atoms with Gasteiger partial charge in [-0.2, -0.15) is 0 Å². The second-order valence-electron chi connectivity index (χ2n) is 3.44. The smallest absolute Gasteiger partial charge is 0.0827 e. The lowest BCUT2D eigenvalue weighted by atomic mass is 10.3. The Labute approximate surface area is 110 Å². The van der Waals surface area contributed by atoms with Crippen LogP contribution < -0.4 is 10.6 Å². The Morgan fingerprint density at radius 2 is 1.88 bits per heavy atom. The summed E-state index contributed by atoms with van der Waals surface area (Å²) in [4.78, 5) is 4.10. The van der Waals surface area contributed by atoms with Crippen LogP contribution in [-0.4, -0.2) is 12.0 Å². The van der Waals surface area contributed by atoms with Gasteiger partial charge in [-0.1, -0.05) is 29.3 Å². The minimum Gasteiger partial charge on any atom is -0.387 e. The third-order valence-corrected chi connectivity index (χ3v) is 3.08. The fraction of sp³-hybridized carbons (Fsp3) is 0.0833. The number of halogens is 2. The maximum Gasteiger partial charge on any atom is 0.0827 e. The summed E-state index contributed by atoms with van der Waals surface area (Å²) in [5.41, 5.74) is 2.53. The first-order chi connectivity index (χ1) is 8.20. The van der Waals surface area contributed by atoms with Crippen molar-refractivity contribution in [2.75, 3.05) is 17.7 Å². The third kappa shape index (κ3) is 2.81. The molecule has 0 bridgehead atoms. The molecule has 0 aliphatic carbocycles. The van der Waals surface area contributed by atoms with Crippen LogP contribution >= 0.6 is 23.2 Å². The highest BCUT2D eigenvalue weighted by molar-refractivity contribution is 6.43. The van der Waals surface area contributed by atoms with Crippen LogP contribution in [0, 0.1) is 0 Å². The summed E-state index contributed by atoms with van der Waals surface area (Å²) in [6.45, 7) is 0. The summed E-state index contributed by atoms with van der Waals surface area (Å²) in [7, 11) is 1.84. The molecule has 0 saturated heterocycles. The number of benzene rings is 1. The Morgan fingerprint density at radius 3 is 2.65 bits per heavy atom. The molecule has 0 aliphatic rings. The van der Waals surface area contributed by atoms with E-state index in [1.54, 1.807) is 18.5 Å². The van der Waals surface area contributed by atoms with Crippen molar-refractivity contribution in [1.29, 1.82) is 0 Å². The molecule has 1 aromatic carbocycles. The molecule has 0 unspecified atom stereocenters. The molecule has 3 nitrogen and oxygen atoms in total. The number of nitrogens with one attached hydrogen (secondary N) is 2. The van der Waals surface area contributed by atoms with Crippen molar-refractivity contribution in [2.24, 2.45) is 0 Å². The zero-order valence-corrected chi connectivity index (χ0v) is 10.7. The zero-order valence-electron chi connectivity index (χ0n) is 9.17. The van der Waals surface area contributed by atoms with Crippen molar-refractivity contribution in [1.82, 2.24) is 4.98 Å². The molecule has 0 fully saturated rings. The molecular formula is C12H11Cl2N3. The van der Waals surface area contributed by atoms with Gasteiger partial charge in [-0.05, 0) is 18.2 Å². The molecule has 0 aliphatic heterocycles. The van der Waals surface area contributed by atoms with Crippen LogP contribution in [0.3, 0.4) is 0 Å². The topological polar surface area (TPSA) is 37.0 Å². The van der Waals surface area contributed by atoms with Gasteiger partial charge in [0.25, 0.3) is 0 Å². The maximum absolute atomic E-state index is 6.09. The molecule has 1 heterocycles. The standard InChI is InChI=1S/C12H11Cl2N3/c1-15-8-5-9(7-16-6-8)17-11-4-2-3-10(13)12(11)14/h2-7,15,17H,1H3. The van der Waals surface area contributed by atoms with Gasteiger partial charge in [-0.25, -0.2) is 0 Å². The van der Waals surface area contributed by atoms with Gasteiger partial charge < -0.3 is 10.6 Å². The lowest BCUT2D eigenvalue weighted by Gasteiger charge is -2.10. The van der Waals surface area contributed by atoms with Crippen LogP contribution in [0.25, 0.3) is 0 Å². The fourth-order valence-corrected chi connectivity index (χ4v) is 1.75. The number of nitrogens with zero attached hydrogens (tertiary/aromatic N) is 1. The van der Waals surface area contributed by atoms with Crippen molar-refractivity contribution in [3.63, 3.8) is 0 Å². The van der Waals surface area contributed by atoms with Crippen LogP contribution in [-0.2, 0) is 0 Å². The molecule has 1 aromatic heterocycles. The maximum atomic E-state index is 6.09. The Hall–Kier alpha value is -1.45. The number of anilines is 3. The predicted octanol–water partition coefficient (Wildman–Crippen LogP) is 4.17. The Kier molecular flexibility index (Phi) is 3.71. The van der Waals surface area contributed by atoms with Gasteiger partial charge in [-0.3, -0.25) is 4.98 Å². The quantitative estimate of drug-likeness (QED) is 0.877. The molecule has 0 amide bonds. The van der Waals surface area contributed by atoms with E-state index in [9.17, 15) is 0 Å². The Bertz CT molecular complexity index is 529. The number of rotatable bonds is 3. The fourth-order valence-electron chi connectivity index (χ4n) is 1.40. The first kappa shape index (κ1) is 12.0. The number of hydrogen-bond donors (Lipinski definition) is 2. The van der Waals surface area contributed by atoms with E-state index in [-0.39, 0.29) is 0 Å². The second-order valence-corrected chi connectivity index (χ2v) is 4.22. The highest BCUT2D eigenvalue weighted by atomic mass is 35.5. The first-order valence-corrected chi connectivity index (χ1v) is 5.80. The molecule has 2 rings (SSSR count). The monoisotopic (exact) mass is 267 g/mol. The number of hydrogen-bond acceptors (Lipinski definition) is 3. The van der Waals surface area contributed by atoms with Gasteiger partial charge in [0.2, 0.25) is 0 Å². The van der Waals surface area contributed by atoms with Gasteiger partial charge in [-0.15, -0.1) is 0 Å². The minimum absolute atomic E-state index is 0.504. The lowest BCUT2D eigenvalue weighted by molar-refractivity contribution is 1.30. The van der Waals surface area contributed by atoms with E-state index in [4.69, 9.17) is 23.2 Å². The number of aromatic nitrogens is 1. The van der Waals surface area contributed by atoms with Crippen LogP contribution in [0.2, 0.25) is 10.0 Å². The Balaban J connectivity index is 2.28. The van der Waals surface area contributed by atoms with Crippen molar-refractivity contribution < 1.29 is 0 Å². The summed E-state index contributed by atoms with van der Waals surface area (Å²) in [5, 5.41) is 7.21. The van der Waals surface area contributed by atoms with E-state index in [1.807, 2.05) is 25.2 Å². The summed E-state index contributed by atoms with van der Waals surface area (Å²) < 4.78 is 0. The highest BCUT2D eigenvalue weighted by Gasteiger charge is 2.04. The van der Waals surface area contributed by atoms with E-state index >= 15 is 0 Å². The van der Waals surface area contributed by atoms with Crippen LogP contribution in [0.5, 0.6) is 0 Å². The molecule has 2 N–H and O–H groups in total. The van der Waals surface area contributed by atoms with Gasteiger partial charge in [0.05, 0.1) is 39.5 Å². The normalized spacial score (nSPS) is 10.1. The molecule has 0 radical (unpaired) electrons. The second kappa shape index (κ2) is 5.25. The average molecular weight is 268 g/mol. The molecule has 0 spiro atoms. The average Bonchev–Trinajstić information content (AvgIpc) is 2.35. The van der Waals surface area contributed by atoms with Gasteiger partial charge in [0.15, 0.2) is 0 Å². The van der Waals surface area contributed by atoms with Crippen LogP contribution in [0.4, 0.5) is 17.1 Å². The summed E-state index contributed by atoms with van der Waals surface area (Å²) in [5.74, 6) is 0. The molecule has 88 valence electrons. The zero-order chi connectivity index (χ0) is 12.3.